The van der Waals surface area contributed by atoms with Crippen molar-refractivity contribution in [2.75, 3.05) is 0 Å². The summed E-state index contributed by atoms with van der Waals surface area (Å²) < 4.78 is 5.27. The van der Waals surface area contributed by atoms with E-state index in [0.29, 0.717) is 0 Å². The first-order valence-electron chi connectivity index (χ1n) is 18.2. The van der Waals surface area contributed by atoms with E-state index in [2.05, 4.69) is 170 Å². The third kappa shape index (κ3) is 6.00. The van der Waals surface area contributed by atoms with E-state index in [1.165, 1.54) is 68.2 Å². The first kappa shape index (κ1) is 31.8. The lowest BCUT2D eigenvalue weighted by Crippen LogP contribution is -2.07. The Hall–Kier alpha value is -5.94. The molecule has 1 aliphatic heterocycles. The molecule has 0 amide bonds. The van der Waals surface area contributed by atoms with E-state index in [9.17, 15) is 0 Å². The van der Waals surface area contributed by atoms with Gasteiger partial charge in [-0.3, -0.25) is 0 Å². The summed E-state index contributed by atoms with van der Waals surface area (Å²) in [6.07, 6.45) is 5.09. The summed E-state index contributed by atoms with van der Waals surface area (Å²) in [4.78, 5) is 10.8. The van der Waals surface area contributed by atoms with Gasteiger partial charge in [0, 0.05) is 45.9 Å². The molecule has 0 spiro atoms. The van der Waals surface area contributed by atoms with Gasteiger partial charge in [-0.1, -0.05) is 152 Å². The minimum absolute atomic E-state index is 0.739. The molecular weight excluding hydrogens is 681 g/mol. The molecular formula is C49H34N2S2. The van der Waals surface area contributed by atoms with Crippen LogP contribution in [0.25, 0.3) is 68.3 Å². The Balaban J connectivity index is 1.06. The maximum atomic E-state index is 5.43. The standard InChI is InChI=1S/C49H34N2S2/c1-2-11-32(12-3-1)33-21-27-36(28-22-33)49-50-43(17-6-7-18-44(51-49)37-29-30-41-39-13-4-8-19-45(39)52-47(41)31-37)35-25-23-34(24-26-35)38-15-10-16-42-40-14-5-9-20-46(40)53-48(38)42/h1-5,8-17,19-31H,6-7,18H2/b43-17-,50-49-,51-44+. The molecule has 0 aliphatic carbocycles. The number of benzene rings is 7. The molecule has 2 nitrogen and oxygen atoms in total. The van der Waals surface area contributed by atoms with Gasteiger partial charge in [0.2, 0.25) is 0 Å². The second-order valence-corrected chi connectivity index (χ2v) is 15.7. The Morgan fingerprint density at radius 1 is 0.415 bits per heavy atom. The van der Waals surface area contributed by atoms with E-state index in [0.717, 1.165) is 47.6 Å². The highest BCUT2D eigenvalue weighted by Gasteiger charge is 2.16. The minimum atomic E-state index is 0.739. The van der Waals surface area contributed by atoms with Crippen LogP contribution in [0.1, 0.15) is 36.0 Å². The van der Waals surface area contributed by atoms with Crippen molar-refractivity contribution in [2.24, 2.45) is 9.98 Å². The van der Waals surface area contributed by atoms with Gasteiger partial charge < -0.3 is 0 Å². The summed E-state index contributed by atoms with van der Waals surface area (Å²) >= 11 is 3.73. The van der Waals surface area contributed by atoms with Crippen LogP contribution in [0.3, 0.4) is 0 Å². The molecule has 0 saturated heterocycles. The molecule has 0 radical (unpaired) electrons. The van der Waals surface area contributed by atoms with Gasteiger partial charge in [0.05, 0.1) is 11.4 Å². The number of thiophene rings is 2. The summed E-state index contributed by atoms with van der Waals surface area (Å²) in [5.41, 5.74) is 10.2. The van der Waals surface area contributed by atoms with Crippen molar-refractivity contribution in [3.8, 4) is 22.3 Å². The van der Waals surface area contributed by atoms with Crippen molar-refractivity contribution in [1.82, 2.24) is 0 Å². The molecule has 0 unspecified atom stereocenters. The van der Waals surface area contributed by atoms with Gasteiger partial charge >= 0.3 is 0 Å². The molecule has 7 aromatic carbocycles. The molecule has 0 saturated carbocycles. The summed E-state index contributed by atoms with van der Waals surface area (Å²) in [5.74, 6) is 0.739. The Bertz CT molecular complexity index is 2890. The van der Waals surface area contributed by atoms with Crippen molar-refractivity contribution in [1.29, 1.82) is 0 Å². The number of aliphatic imine (C=N–C) groups is 2. The van der Waals surface area contributed by atoms with Gasteiger partial charge in [-0.05, 0) is 70.8 Å². The van der Waals surface area contributed by atoms with E-state index >= 15 is 0 Å². The topological polar surface area (TPSA) is 24.7 Å². The minimum Gasteiger partial charge on any atom is -0.233 e. The molecule has 252 valence electrons. The summed E-state index contributed by atoms with van der Waals surface area (Å²) in [6.45, 7) is 0. The van der Waals surface area contributed by atoms with Gasteiger partial charge in [-0.25, -0.2) is 9.98 Å². The third-order valence-electron chi connectivity index (χ3n) is 10.3. The van der Waals surface area contributed by atoms with Gasteiger partial charge in [0.1, 0.15) is 0 Å². The lowest BCUT2D eigenvalue weighted by atomic mass is 10.00. The maximum Gasteiger partial charge on any atom is 0.160 e. The largest absolute Gasteiger partial charge is 0.233 e. The predicted octanol–water partition coefficient (Wildman–Crippen LogP) is 14.2. The van der Waals surface area contributed by atoms with Crippen molar-refractivity contribution >= 4 is 80.3 Å². The van der Waals surface area contributed by atoms with Crippen molar-refractivity contribution in [3.63, 3.8) is 0 Å². The highest BCUT2D eigenvalue weighted by atomic mass is 32.1. The average molecular weight is 715 g/mol. The van der Waals surface area contributed by atoms with Crippen LogP contribution in [0.4, 0.5) is 0 Å². The molecule has 0 N–H and O–H groups in total. The Morgan fingerprint density at radius 3 is 1.83 bits per heavy atom. The van der Waals surface area contributed by atoms with E-state index < -0.39 is 0 Å². The van der Waals surface area contributed by atoms with E-state index in [1.54, 1.807) is 0 Å². The van der Waals surface area contributed by atoms with E-state index in [-0.39, 0.29) is 0 Å². The van der Waals surface area contributed by atoms with Crippen LogP contribution in [0.15, 0.2) is 180 Å². The van der Waals surface area contributed by atoms with Crippen LogP contribution in [-0.4, -0.2) is 11.5 Å². The summed E-state index contributed by atoms with van der Waals surface area (Å²) in [5, 5.41) is 5.26. The van der Waals surface area contributed by atoms with Crippen LogP contribution >= 0.6 is 22.7 Å². The lowest BCUT2D eigenvalue weighted by Gasteiger charge is -2.10. The molecule has 0 fully saturated rings. The van der Waals surface area contributed by atoms with Crippen LogP contribution < -0.4 is 0 Å². The Labute approximate surface area is 316 Å². The zero-order valence-electron chi connectivity index (χ0n) is 29.0. The highest BCUT2D eigenvalue weighted by Crippen LogP contribution is 2.40. The van der Waals surface area contributed by atoms with Gasteiger partial charge in [-0.2, -0.15) is 0 Å². The third-order valence-corrected chi connectivity index (χ3v) is 12.6. The first-order valence-corrected chi connectivity index (χ1v) is 19.8. The summed E-state index contributed by atoms with van der Waals surface area (Å²) in [7, 11) is 0. The number of amidine groups is 1. The number of rotatable bonds is 5. The summed E-state index contributed by atoms with van der Waals surface area (Å²) in [6, 6.07) is 59.1. The molecule has 1 aliphatic rings. The number of allylic oxidation sites excluding steroid dienone is 1. The number of hydrogen-bond acceptors (Lipinski definition) is 4. The molecule has 3 heterocycles. The van der Waals surface area contributed by atoms with Crippen LogP contribution in [0, 0.1) is 0 Å². The fourth-order valence-corrected chi connectivity index (χ4v) is 9.92. The van der Waals surface area contributed by atoms with Crippen molar-refractivity contribution < 1.29 is 0 Å². The smallest absolute Gasteiger partial charge is 0.160 e. The molecule has 4 heteroatoms. The van der Waals surface area contributed by atoms with Crippen LogP contribution in [0.2, 0.25) is 0 Å². The van der Waals surface area contributed by atoms with Gasteiger partial charge in [0.15, 0.2) is 5.84 Å². The van der Waals surface area contributed by atoms with E-state index in [1.807, 2.05) is 22.7 Å². The molecule has 2 aromatic heterocycles. The van der Waals surface area contributed by atoms with Gasteiger partial charge in [0.25, 0.3) is 0 Å². The number of hydrogen-bond donors (Lipinski definition) is 0. The predicted molar refractivity (Wildman–Crippen MR) is 231 cm³/mol. The molecule has 9 aromatic rings. The van der Waals surface area contributed by atoms with Gasteiger partial charge in [-0.15, -0.1) is 22.7 Å². The molecule has 0 atom stereocenters. The SMILES string of the molecule is C1=C(c2ccc(-c3cccc4c3sc3ccccc34)cc2)/N=C(c2ccc(-c3ccccc3)cc2)\N=C(\c2ccc3c(c2)sc2ccccc23)CCC\1. The first-order chi connectivity index (χ1) is 26.2. The van der Waals surface area contributed by atoms with E-state index in [4.69, 9.17) is 9.98 Å². The second-order valence-electron chi connectivity index (χ2n) is 13.6. The fourth-order valence-electron chi connectivity index (χ4n) is 7.54. The monoisotopic (exact) mass is 714 g/mol. The molecule has 0 bridgehead atoms. The zero-order valence-corrected chi connectivity index (χ0v) is 30.6. The fraction of sp³-hybridized carbons (Fsp3) is 0.0612. The number of nitrogens with zero attached hydrogens (tertiary/aromatic N) is 2. The van der Waals surface area contributed by atoms with Crippen molar-refractivity contribution in [2.45, 2.75) is 19.3 Å². The lowest BCUT2D eigenvalue weighted by molar-refractivity contribution is 0.896. The molecule has 10 rings (SSSR count). The average Bonchev–Trinajstić information content (AvgIpc) is 3.82. The zero-order chi connectivity index (χ0) is 35.1. The molecule has 53 heavy (non-hydrogen) atoms. The number of fused-ring (bicyclic) bond motifs is 6. The second kappa shape index (κ2) is 13.6. The highest BCUT2D eigenvalue weighted by molar-refractivity contribution is 7.26. The van der Waals surface area contributed by atoms with Crippen LogP contribution in [-0.2, 0) is 0 Å². The quantitative estimate of drug-likeness (QED) is 0.170. The van der Waals surface area contributed by atoms with Crippen LogP contribution in [0.5, 0.6) is 0 Å². The Morgan fingerprint density at radius 2 is 1.02 bits per heavy atom. The van der Waals surface area contributed by atoms with Crippen molar-refractivity contribution in [3.05, 3.63) is 187 Å². The Kier molecular flexibility index (Phi) is 8.13. The maximum absolute atomic E-state index is 5.43. The normalized spacial score (nSPS) is 16.7.